The maximum atomic E-state index is 12.7. The van der Waals surface area contributed by atoms with Crippen molar-refractivity contribution in [2.45, 2.75) is 19.8 Å². The summed E-state index contributed by atoms with van der Waals surface area (Å²) in [6.45, 7) is 4.27. The van der Waals surface area contributed by atoms with Gasteiger partial charge in [-0.15, -0.1) is 0 Å². The lowest BCUT2D eigenvalue weighted by atomic mass is 10.1. The lowest BCUT2D eigenvalue weighted by Gasteiger charge is -2.18. The normalized spacial score (nSPS) is 13.8. The SMILES string of the molecule is Cc1cc(N2CCCC2)nc2ccc(NC(=O)c3cccc(N(C)C)c3)cc12. The summed E-state index contributed by atoms with van der Waals surface area (Å²) in [5, 5.41) is 4.09. The standard InChI is InChI=1S/C23H26N4O/c1-16-13-22(27-11-4-5-12-27)25-21-10-9-18(15-20(16)21)24-23(28)17-7-6-8-19(14-17)26(2)3/h6-10,13-15H,4-5,11-12H2,1-3H3,(H,24,28). The van der Waals surface area contributed by atoms with Gasteiger partial charge in [-0.05, 0) is 67.8 Å². The first-order valence-corrected chi connectivity index (χ1v) is 9.76. The predicted molar refractivity (Wildman–Crippen MR) is 117 cm³/mol. The van der Waals surface area contributed by atoms with Crippen LogP contribution < -0.4 is 15.1 Å². The molecule has 0 saturated carbocycles. The van der Waals surface area contributed by atoms with Gasteiger partial charge in [0.25, 0.3) is 5.91 Å². The number of aryl methyl sites for hydroxylation is 1. The molecular weight excluding hydrogens is 348 g/mol. The molecule has 1 saturated heterocycles. The minimum Gasteiger partial charge on any atom is -0.378 e. The number of pyridine rings is 1. The highest BCUT2D eigenvalue weighted by Crippen LogP contribution is 2.27. The Kier molecular flexibility index (Phi) is 4.90. The maximum absolute atomic E-state index is 12.7. The van der Waals surface area contributed by atoms with E-state index in [-0.39, 0.29) is 5.91 Å². The Morgan fingerprint density at radius 2 is 1.86 bits per heavy atom. The summed E-state index contributed by atoms with van der Waals surface area (Å²) in [5.41, 5.74) is 4.57. The van der Waals surface area contributed by atoms with E-state index in [1.54, 1.807) is 0 Å². The van der Waals surface area contributed by atoms with E-state index in [2.05, 4.69) is 23.2 Å². The molecule has 144 valence electrons. The van der Waals surface area contributed by atoms with E-state index >= 15 is 0 Å². The second-order valence-electron chi connectivity index (χ2n) is 7.62. The molecule has 0 radical (unpaired) electrons. The van der Waals surface area contributed by atoms with E-state index in [0.717, 1.165) is 41.2 Å². The molecule has 1 N–H and O–H groups in total. The van der Waals surface area contributed by atoms with Gasteiger partial charge in [0, 0.05) is 49.5 Å². The first-order valence-electron chi connectivity index (χ1n) is 9.76. The third-order valence-corrected chi connectivity index (χ3v) is 5.31. The van der Waals surface area contributed by atoms with Crippen LogP contribution in [0.1, 0.15) is 28.8 Å². The van der Waals surface area contributed by atoms with Crippen molar-refractivity contribution in [1.82, 2.24) is 4.98 Å². The largest absolute Gasteiger partial charge is 0.378 e. The van der Waals surface area contributed by atoms with Gasteiger partial charge in [0.1, 0.15) is 5.82 Å². The number of hydrogen-bond acceptors (Lipinski definition) is 4. The van der Waals surface area contributed by atoms with Gasteiger partial charge >= 0.3 is 0 Å². The van der Waals surface area contributed by atoms with Crippen molar-refractivity contribution in [2.75, 3.05) is 42.3 Å². The fraction of sp³-hybridized carbons (Fsp3) is 0.304. The van der Waals surface area contributed by atoms with Crippen molar-refractivity contribution in [3.8, 4) is 0 Å². The molecule has 3 aromatic rings. The van der Waals surface area contributed by atoms with E-state index in [9.17, 15) is 4.79 Å². The number of anilines is 3. The van der Waals surface area contributed by atoms with Crippen LogP contribution in [0.2, 0.25) is 0 Å². The van der Waals surface area contributed by atoms with Crippen LogP contribution in [0.15, 0.2) is 48.5 Å². The number of benzene rings is 2. The third kappa shape index (κ3) is 3.65. The summed E-state index contributed by atoms with van der Waals surface area (Å²) in [4.78, 5) is 21.9. The average Bonchev–Trinajstić information content (AvgIpc) is 3.23. The second kappa shape index (κ2) is 7.50. The lowest BCUT2D eigenvalue weighted by molar-refractivity contribution is 0.102. The van der Waals surface area contributed by atoms with Crippen molar-refractivity contribution in [1.29, 1.82) is 0 Å². The van der Waals surface area contributed by atoms with Gasteiger partial charge in [0.2, 0.25) is 0 Å². The highest BCUT2D eigenvalue weighted by Gasteiger charge is 2.15. The summed E-state index contributed by atoms with van der Waals surface area (Å²) in [6.07, 6.45) is 2.47. The van der Waals surface area contributed by atoms with E-state index in [1.807, 2.05) is 61.5 Å². The number of nitrogens with zero attached hydrogens (tertiary/aromatic N) is 3. The Labute approximate surface area is 166 Å². The summed E-state index contributed by atoms with van der Waals surface area (Å²) in [6, 6.07) is 15.7. The van der Waals surface area contributed by atoms with Gasteiger partial charge in [-0.2, -0.15) is 0 Å². The molecular formula is C23H26N4O. The van der Waals surface area contributed by atoms with Crippen LogP contribution in [-0.4, -0.2) is 38.1 Å². The van der Waals surface area contributed by atoms with Crippen molar-refractivity contribution >= 4 is 34.0 Å². The fourth-order valence-electron chi connectivity index (χ4n) is 3.69. The predicted octanol–water partition coefficient (Wildman–Crippen LogP) is 4.46. The first-order chi connectivity index (χ1) is 13.5. The van der Waals surface area contributed by atoms with E-state index in [0.29, 0.717) is 5.56 Å². The number of carbonyl (C=O) groups is 1. The van der Waals surface area contributed by atoms with Crippen LogP contribution in [0, 0.1) is 6.92 Å². The number of carbonyl (C=O) groups excluding carboxylic acids is 1. The van der Waals surface area contributed by atoms with Gasteiger partial charge in [-0.3, -0.25) is 4.79 Å². The first kappa shape index (κ1) is 18.3. The molecule has 0 unspecified atom stereocenters. The molecule has 5 heteroatoms. The molecule has 0 bridgehead atoms. The Morgan fingerprint density at radius 1 is 1.07 bits per heavy atom. The van der Waals surface area contributed by atoms with Crippen LogP contribution in [0.3, 0.4) is 0 Å². The Morgan fingerprint density at radius 3 is 2.61 bits per heavy atom. The van der Waals surface area contributed by atoms with Crippen molar-refractivity contribution in [2.24, 2.45) is 0 Å². The minimum atomic E-state index is -0.109. The molecule has 2 aromatic carbocycles. The van der Waals surface area contributed by atoms with Crippen molar-refractivity contribution < 1.29 is 4.79 Å². The highest BCUT2D eigenvalue weighted by atomic mass is 16.1. The molecule has 28 heavy (non-hydrogen) atoms. The molecule has 1 aliphatic heterocycles. The van der Waals surface area contributed by atoms with Gasteiger partial charge in [-0.25, -0.2) is 4.98 Å². The highest BCUT2D eigenvalue weighted by molar-refractivity contribution is 6.05. The third-order valence-electron chi connectivity index (χ3n) is 5.31. The topological polar surface area (TPSA) is 48.5 Å². The van der Waals surface area contributed by atoms with Crippen LogP contribution in [0.4, 0.5) is 17.2 Å². The van der Waals surface area contributed by atoms with E-state index in [1.165, 1.54) is 18.4 Å². The zero-order valence-electron chi connectivity index (χ0n) is 16.7. The summed E-state index contributed by atoms with van der Waals surface area (Å²) in [7, 11) is 3.93. The van der Waals surface area contributed by atoms with Gasteiger partial charge < -0.3 is 15.1 Å². The molecule has 4 rings (SSSR count). The number of nitrogens with one attached hydrogen (secondary N) is 1. The van der Waals surface area contributed by atoms with Crippen LogP contribution in [0.5, 0.6) is 0 Å². The van der Waals surface area contributed by atoms with Crippen molar-refractivity contribution in [3.05, 3.63) is 59.7 Å². The molecule has 0 aliphatic carbocycles. The van der Waals surface area contributed by atoms with Crippen LogP contribution in [-0.2, 0) is 0 Å². The Bertz CT molecular complexity index is 1020. The molecule has 5 nitrogen and oxygen atoms in total. The molecule has 0 spiro atoms. The molecule has 1 aliphatic rings. The number of hydrogen-bond donors (Lipinski definition) is 1. The average molecular weight is 374 g/mol. The summed E-state index contributed by atoms with van der Waals surface area (Å²) >= 11 is 0. The monoisotopic (exact) mass is 374 g/mol. The molecule has 1 fully saturated rings. The lowest BCUT2D eigenvalue weighted by Crippen LogP contribution is -2.19. The van der Waals surface area contributed by atoms with Gasteiger partial charge in [-0.1, -0.05) is 6.07 Å². The zero-order valence-corrected chi connectivity index (χ0v) is 16.7. The Balaban J connectivity index is 1.59. The molecule has 1 amide bonds. The number of amides is 1. The smallest absolute Gasteiger partial charge is 0.255 e. The summed E-state index contributed by atoms with van der Waals surface area (Å²) in [5.74, 6) is 0.946. The molecule has 1 aromatic heterocycles. The zero-order chi connectivity index (χ0) is 19.7. The maximum Gasteiger partial charge on any atom is 0.255 e. The summed E-state index contributed by atoms with van der Waals surface area (Å²) < 4.78 is 0. The minimum absolute atomic E-state index is 0.109. The quantitative estimate of drug-likeness (QED) is 0.732. The fourth-order valence-corrected chi connectivity index (χ4v) is 3.69. The van der Waals surface area contributed by atoms with Gasteiger partial charge in [0.05, 0.1) is 5.52 Å². The van der Waals surface area contributed by atoms with Crippen LogP contribution >= 0.6 is 0 Å². The number of fused-ring (bicyclic) bond motifs is 1. The Hall–Kier alpha value is -3.08. The molecule has 2 heterocycles. The van der Waals surface area contributed by atoms with Crippen LogP contribution in [0.25, 0.3) is 10.9 Å². The molecule has 0 atom stereocenters. The number of rotatable bonds is 4. The number of aromatic nitrogens is 1. The van der Waals surface area contributed by atoms with Crippen molar-refractivity contribution in [3.63, 3.8) is 0 Å². The van der Waals surface area contributed by atoms with E-state index < -0.39 is 0 Å². The second-order valence-corrected chi connectivity index (χ2v) is 7.62. The van der Waals surface area contributed by atoms with E-state index in [4.69, 9.17) is 4.98 Å². The van der Waals surface area contributed by atoms with Gasteiger partial charge in [0.15, 0.2) is 0 Å².